The number of rotatable bonds is 9. The zero-order valence-electron chi connectivity index (χ0n) is 21.8. The smallest absolute Gasteiger partial charge is 0.493 e. The van der Waals surface area contributed by atoms with E-state index in [1.165, 1.54) is 0 Å². The number of hydrogen-bond acceptors (Lipinski definition) is 4. The van der Waals surface area contributed by atoms with Gasteiger partial charge in [0.1, 0.15) is 18.2 Å². The van der Waals surface area contributed by atoms with Gasteiger partial charge in [0.15, 0.2) is 0 Å². The lowest BCUT2D eigenvalue weighted by Gasteiger charge is -2.30. The summed E-state index contributed by atoms with van der Waals surface area (Å²) in [7, 11) is 0. The predicted octanol–water partition coefficient (Wildman–Crippen LogP) is 7.50. The first-order valence-corrected chi connectivity index (χ1v) is 12.9. The van der Waals surface area contributed by atoms with E-state index in [1.807, 2.05) is 6.07 Å². The second-order valence-corrected chi connectivity index (χ2v) is 10.9. The average Bonchev–Trinajstić information content (AvgIpc) is 3.21. The topological polar surface area (TPSA) is 76.0 Å². The highest BCUT2D eigenvalue weighted by Crippen LogP contribution is 2.51. The predicted molar refractivity (Wildman–Crippen MR) is 137 cm³/mol. The van der Waals surface area contributed by atoms with Crippen LogP contribution < -0.4 is 4.74 Å². The third kappa shape index (κ3) is 7.20. The molecule has 2 aliphatic rings. The van der Waals surface area contributed by atoms with E-state index in [-0.39, 0.29) is 35.8 Å². The van der Waals surface area contributed by atoms with Crippen LogP contribution in [0.4, 0.5) is 17.6 Å². The van der Waals surface area contributed by atoms with Crippen molar-refractivity contribution in [2.45, 2.75) is 70.9 Å². The number of benzene rings is 2. The molecule has 0 aliphatic heterocycles. The number of hydrogen-bond donors (Lipinski definition) is 2. The van der Waals surface area contributed by atoms with Crippen LogP contribution in [0.5, 0.6) is 5.75 Å². The molecule has 1 unspecified atom stereocenters. The molecule has 0 radical (unpaired) electrons. The molecular weight excluding hydrogens is 516 g/mol. The van der Waals surface area contributed by atoms with E-state index in [2.05, 4.69) is 18.6 Å². The third-order valence-corrected chi connectivity index (χ3v) is 7.59. The van der Waals surface area contributed by atoms with Crippen molar-refractivity contribution in [2.24, 2.45) is 11.3 Å². The van der Waals surface area contributed by atoms with Gasteiger partial charge >= 0.3 is 12.3 Å². The molecule has 0 bridgehead atoms. The van der Waals surface area contributed by atoms with E-state index in [0.717, 1.165) is 48.6 Å². The minimum atomic E-state index is -4.89. The molecule has 2 aromatic rings. The van der Waals surface area contributed by atoms with Gasteiger partial charge in [-0.2, -0.15) is 0 Å². The van der Waals surface area contributed by atoms with Gasteiger partial charge in [0.05, 0.1) is 18.3 Å². The Balaban J connectivity index is 1.61. The van der Waals surface area contributed by atoms with E-state index in [9.17, 15) is 27.5 Å². The molecule has 0 saturated heterocycles. The Bertz CT molecular complexity index is 1260. The van der Waals surface area contributed by atoms with Crippen molar-refractivity contribution < 1.29 is 42.0 Å². The SMILES string of the molecule is CC1(C)CCC[C@@H]1c1cc(COC2=CC=CC([C@H](O)CC(=O)O)C2)ccc1-c1cc(OC(F)(F)F)ccc1F. The van der Waals surface area contributed by atoms with Crippen LogP contribution in [0.1, 0.15) is 63.0 Å². The lowest BCUT2D eigenvalue weighted by atomic mass is 9.75. The Morgan fingerprint density at radius 2 is 1.92 bits per heavy atom. The van der Waals surface area contributed by atoms with Crippen LogP contribution in [0.15, 0.2) is 60.4 Å². The average molecular weight is 549 g/mol. The Morgan fingerprint density at radius 1 is 1.15 bits per heavy atom. The normalized spacial score (nSPS) is 21.4. The van der Waals surface area contributed by atoms with Crippen LogP contribution in [0.3, 0.4) is 0 Å². The largest absolute Gasteiger partial charge is 0.573 e. The summed E-state index contributed by atoms with van der Waals surface area (Å²) in [4.78, 5) is 11.0. The summed E-state index contributed by atoms with van der Waals surface area (Å²) >= 11 is 0. The van der Waals surface area contributed by atoms with Crippen LogP contribution in [0, 0.1) is 17.2 Å². The molecule has 4 rings (SSSR count). The summed E-state index contributed by atoms with van der Waals surface area (Å²) in [6.45, 7) is 4.46. The first-order valence-electron chi connectivity index (χ1n) is 12.9. The Labute approximate surface area is 224 Å². The number of ether oxygens (including phenoxy) is 2. The molecule has 5 nitrogen and oxygen atoms in total. The Kier molecular flexibility index (Phi) is 8.39. The second-order valence-electron chi connectivity index (χ2n) is 10.9. The first kappa shape index (κ1) is 28.7. The molecule has 1 saturated carbocycles. The third-order valence-electron chi connectivity index (χ3n) is 7.59. The van der Waals surface area contributed by atoms with Gasteiger partial charge in [-0.15, -0.1) is 13.2 Å². The van der Waals surface area contributed by atoms with Gasteiger partial charge in [0, 0.05) is 17.9 Å². The highest BCUT2D eigenvalue weighted by atomic mass is 19.4. The van der Waals surface area contributed by atoms with Crippen LogP contribution in [-0.2, 0) is 16.1 Å². The number of carbonyl (C=O) groups is 1. The molecule has 3 atom stereocenters. The summed E-state index contributed by atoms with van der Waals surface area (Å²) in [5.41, 5.74) is 2.11. The van der Waals surface area contributed by atoms with Crippen molar-refractivity contribution in [3.05, 3.63) is 77.3 Å². The summed E-state index contributed by atoms with van der Waals surface area (Å²) in [6, 6.07) is 8.43. The van der Waals surface area contributed by atoms with E-state index in [0.29, 0.717) is 17.7 Å². The quantitative estimate of drug-likeness (QED) is 0.318. The fraction of sp³-hybridized carbons (Fsp3) is 0.433. The van der Waals surface area contributed by atoms with Crippen LogP contribution >= 0.6 is 0 Å². The van der Waals surface area contributed by atoms with Crippen LogP contribution in [-0.4, -0.2) is 28.6 Å². The maximum Gasteiger partial charge on any atom is 0.573 e. The molecule has 2 aromatic carbocycles. The molecule has 39 heavy (non-hydrogen) atoms. The molecule has 2 aliphatic carbocycles. The van der Waals surface area contributed by atoms with Crippen molar-refractivity contribution in [3.8, 4) is 16.9 Å². The number of aliphatic carboxylic acids is 1. The Hall–Kier alpha value is -3.33. The highest BCUT2D eigenvalue weighted by molar-refractivity contribution is 5.71. The lowest BCUT2D eigenvalue weighted by molar-refractivity contribution is -0.274. The highest BCUT2D eigenvalue weighted by Gasteiger charge is 2.37. The van der Waals surface area contributed by atoms with E-state index >= 15 is 0 Å². The minimum Gasteiger partial charge on any atom is -0.493 e. The van der Waals surface area contributed by atoms with Gasteiger partial charge < -0.3 is 19.7 Å². The van der Waals surface area contributed by atoms with E-state index in [1.54, 1.807) is 30.4 Å². The van der Waals surface area contributed by atoms with Crippen LogP contribution in [0.2, 0.25) is 0 Å². The summed E-state index contributed by atoms with van der Waals surface area (Å²) in [5.74, 6) is -1.93. The standard InChI is InChI=1S/C30H32F4O5/c1-29(2)12-4-7-25(29)23-13-18(17-38-20-6-3-5-19(14-20)27(35)16-28(36)37)8-10-22(23)24-15-21(9-11-26(24)31)39-30(32,33)34/h3,5-6,8-11,13,15,19,25,27,35H,4,7,12,14,16-17H2,1-2H3,(H,36,37)/t19?,25-,27-/m1/s1. The molecule has 0 heterocycles. The van der Waals surface area contributed by atoms with Crippen LogP contribution in [0.25, 0.3) is 11.1 Å². The fourth-order valence-corrected chi connectivity index (χ4v) is 5.60. The molecule has 9 heteroatoms. The number of carboxylic acids is 1. The van der Waals surface area contributed by atoms with Crippen molar-refractivity contribution >= 4 is 5.97 Å². The van der Waals surface area contributed by atoms with Gasteiger partial charge in [-0.25, -0.2) is 4.39 Å². The van der Waals surface area contributed by atoms with Gasteiger partial charge in [-0.3, -0.25) is 4.79 Å². The molecule has 1 fully saturated rings. The molecule has 0 aromatic heterocycles. The fourth-order valence-electron chi connectivity index (χ4n) is 5.60. The number of aliphatic hydroxyl groups is 1. The summed E-state index contributed by atoms with van der Waals surface area (Å²) < 4.78 is 63.6. The molecule has 0 spiro atoms. The lowest BCUT2D eigenvalue weighted by Crippen LogP contribution is -2.24. The number of alkyl halides is 3. The molecule has 210 valence electrons. The van der Waals surface area contributed by atoms with Gasteiger partial charge in [0.25, 0.3) is 0 Å². The van der Waals surface area contributed by atoms with Crippen molar-refractivity contribution in [2.75, 3.05) is 0 Å². The molecular formula is C30H32F4O5. The molecule has 2 N–H and O–H groups in total. The monoisotopic (exact) mass is 548 g/mol. The Morgan fingerprint density at radius 3 is 2.59 bits per heavy atom. The zero-order chi connectivity index (χ0) is 28.4. The van der Waals surface area contributed by atoms with Crippen molar-refractivity contribution in [1.82, 2.24) is 0 Å². The maximum atomic E-state index is 15.0. The van der Waals surface area contributed by atoms with Gasteiger partial charge in [-0.1, -0.05) is 50.6 Å². The molecule has 0 amide bonds. The zero-order valence-corrected chi connectivity index (χ0v) is 21.8. The van der Waals surface area contributed by atoms with E-state index < -0.39 is 30.0 Å². The number of aliphatic hydroxyl groups excluding tert-OH is 1. The van der Waals surface area contributed by atoms with E-state index in [4.69, 9.17) is 9.84 Å². The van der Waals surface area contributed by atoms with Crippen molar-refractivity contribution in [3.63, 3.8) is 0 Å². The minimum absolute atomic E-state index is 0.0392. The second kappa shape index (κ2) is 11.4. The first-order chi connectivity index (χ1) is 18.3. The van der Waals surface area contributed by atoms with Gasteiger partial charge in [-0.05, 0) is 65.1 Å². The summed E-state index contributed by atoms with van der Waals surface area (Å²) in [5, 5.41) is 19.1. The summed E-state index contributed by atoms with van der Waals surface area (Å²) in [6.07, 6.45) is 2.12. The number of allylic oxidation sites excluding steroid dienone is 3. The number of carboxylic acid groups (broad SMARTS) is 1. The van der Waals surface area contributed by atoms with Crippen molar-refractivity contribution in [1.29, 1.82) is 0 Å². The number of halogens is 4. The van der Waals surface area contributed by atoms with Gasteiger partial charge in [0.2, 0.25) is 0 Å². The maximum absolute atomic E-state index is 15.0.